The van der Waals surface area contributed by atoms with E-state index in [9.17, 15) is 0 Å². The zero-order valence-corrected chi connectivity index (χ0v) is 11.2. The van der Waals surface area contributed by atoms with Crippen LogP contribution in [0.3, 0.4) is 0 Å². The fourth-order valence-corrected chi connectivity index (χ4v) is 1.73. The Labute approximate surface area is 98.8 Å². The van der Waals surface area contributed by atoms with Crippen LogP contribution in [0, 0.1) is 11.3 Å². The lowest BCUT2D eigenvalue weighted by atomic mass is 9.79. The average molecular weight is 223 g/mol. The lowest BCUT2D eigenvalue weighted by Crippen LogP contribution is -2.20. The third-order valence-electron chi connectivity index (χ3n) is 3.47. The van der Waals surface area contributed by atoms with Crippen LogP contribution in [0.15, 0.2) is 0 Å². The summed E-state index contributed by atoms with van der Waals surface area (Å²) in [5, 5.41) is 7.21. The van der Waals surface area contributed by atoms with Crippen molar-refractivity contribution >= 4 is 5.82 Å². The lowest BCUT2D eigenvalue weighted by Gasteiger charge is -2.27. The zero-order chi connectivity index (χ0) is 12.3. The third-order valence-corrected chi connectivity index (χ3v) is 3.47. The van der Waals surface area contributed by atoms with E-state index in [-0.39, 0.29) is 0 Å². The van der Waals surface area contributed by atoms with Crippen LogP contribution in [0.5, 0.6) is 0 Å². The van der Waals surface area contributed by atoms with Gasteiger partial charge in [0.05, 0.1) is 0 Å². The highest BCUT2D eigenvalue weighted by Crippen LogP contribution is 2.29. The van der Waals surface area contributed by atoms with Crippen molar-refractivity contribution in [2.24, 2.45) is 11.3 Å². The number of aromatic amines is 1. The van der Waals surface area contributed by atoms with Gasteiger partial charge >= 0.3 is 0 Å². The Balaban J connectivity index is 2.81. The number of nitrogen functional groups attached to an aromatic ring is 1. The van der Waals surface area contributed by atoms with E-state index in [0.29, 0.717) is 17.2 Å². The van der Waals surface area contributed by atoms with Gasteiger partial charge in [-0.3, -0.25) is 5.10 Å². The van der Waals surface area contributed by atoms with Gasteiger partial charge in [-0.1, -0.05) is 41.0 Å². The van der Waals surface area contributed by atoms with E-state index in [1.807, 2.05) is 0 Å². The van der Waals surface area contributed by atoms with Gasteiger partial charge in [-0.25, -0.2) is 0 Å². The molecule has 16 heavy (non-hydrogen) atoms. The van der Waals surface area contributed by atoms with E-state index in [2.05, 4.69) is 44.8 Å². The molecule has 0 aliphatic heterocycles. The summed E-state index contributed by atoms with van der Waals surface area (Å²) in [6, 6.07) is 0. The number of nitrogens with one attached hydrogen (secondary N) is 1. The summed E-state index contributed by atoms with van der Waals surface area (Å²) in [5.74, 6) is 1.29. The number of hydrogen-bond donors (Lipinski definition) is 2. The number of nitrogens with zero attached hydrogens (tertiary/aromatic N) is 1. The van der Waals surface area contributed by atoms with Crippen molar-refractivity contribution in [3.8, 4) is 0 Å². The number of aromatic nitrogens is 2. The highest BCUT2D eigenvalue weighted by molar-refractivity contribution is 5.42. The first-order chi connectivity index (χ1) is 7.36. The summed E-state index contributed by atoms with van der Waals surface area (Å²) >= 11 is 0. The van der Waals surface area contributed by atoms with Gasteiger partial charge in [-0.15, -0.1) is 0 Å². The zero-order valence-electron chi connectivity index (χ0n) is 11.2. The molecular formula is C13H25N3. The quantitative estimate of drug-likeness (QED) is 0.823. The van der Waals surface area contributed by atoms with Crippen LogP contribution in [0.25, 0.3) is 0 Å². The van der Waals surface area contributed by atoms with Crippen LogP contribution < -0.4 is 5.73 Å². The molecule has 3 nitrogen and oxygen atoms in total. The van der Waals surface area contributed by atoms with Gasteiger partial charge in [0.2, 0.25) is 0 Å². The Morgan fingerprint density at radius 1 is 1.38 bits per heavy atom. The van der Waals surface area contributed by atoms with Gasteiger partial charge < -0.3 is 5.73 Å². The molecule has 1 atom stereocenters. The van der Waals surface area contributed by atoms with E-state index in [0.717, 1.165) is 19.3 Å². The Bertz CT molecular complexity index is 333. The molecule has 0 aromatic carbocycles. The first-order valence-corrected chi connectivity index (χ1v) is 6.17. The molecule has 1 unspecified atom stereocenters. The van der Waals surface area contributed by atoms with Gasteiger partial charge in [0, 0.05) is 11.3 Å². The number of anilines is 1. The minimum atomic E-state index is 0.323. The Morgan fingerprint density at radius 2 is 2.00 bits per heavy atom. The minimum absolute atomic E-state index is 0.323. The third kappa shape index (κ3) is 3.00. The van der Waals surface area contributed by atoms with Crippen LogP contribution in [-0.2, 0) is 12.8 Å². The van der Waals surface area contributed by atoms with Crippen LogP contribution in [-0.4, -0.2) is 10.2 Å². The number of hydrogen-bond acceptors (Lipinski definition) is 2. The number of rotatable bonds is 4. The lowest BCUT2D eigenvalue weighted by molar-refractivity contribution is 0.258. The molecule has 1 aromatic heterocycles. The SMILES string of the molecule is CCCc1c(N)n[nH]c1CC(C)C(C)(C)C. The molecule has 1 heterocycles. The molecule has 0 spiro atoms. The van der Waals surface area contributed by atoms with Crippen molar-refractivity contribution in [1.29, 1.82) is 0 Å². The Kier molecular flexibility index (Phi) is 4.00. The smallest absolute Gasteiger partial charge is 0.148 e. The minimum Gasteiger partial charge on any atom is -0.382 e. The highest BCUT2D eigenvalue weighted by Gasteiger charge is 2.22. The first-order valence-electron chi connectivity index (χ1n) is 6.17. The predicted molar refractivity (Wildman–Crippen MR) is 69.3 cm³/mol. The van der Waals surface area contributed by atoms with Gasteiger partial charge in [0.1, 0.15) is 5.82 Å². The maximum atomic E-state index is 5.87. The summed E-state index contributed by atoms with van der Waals surface area (Å²) in [6.45, 7) is 11.3. The van der Waals surface area contributed by atoms with E-state index in [1.165, 1.54) is 11.3 Å². The van der Waals surface area contributed by atoms with Crippen molar-refractivity contribution in [3.05, 3.63) is 11.3 Å². The topological polar surface area (TPSA) is 54.7 Å². The number of H-pyrrole nitrogens is 1. The van der Waals surface area contributed by atoms with Gasteiger partial charge in [-0.05, 0) is 24.2 Å². The van der Waals surface area contributed by atoms with Gasteiger partial charge in [-0.2, -0.15) is 5.10 Å². The molecule has 0 aliphatic rings. The predicted octanol–water partition coefficient (Wildman–Crippen LogP) is 3.17. The molecule has 92 valence electrons. The van der Waals surface area contributed by atoms with E-state index < -0.39 is 0 Å². The van der Waals surface area contributed by atoms with Crippen molar-refractivity contribution in [1.82, 2.24) is 10.2 Å². The molecule has 3 heteroatoms. The molecule has 0 saturated carbocycles. The maximum absolute atomic E-state index is 5.87. The van der Waals surface area contributed by atoms with Crippen LogP contribution in [0.1, 0.15) is 52.3 Å². The summed E-state index contributed by atoms with van der Waals surface area (Å²) in [6.07, 6.45) is 3.16. The molecule has 0 bridgehead atoms. The van der Waals surface area contributed by atoms with Crippen LogP contribution in [0.2, 0.25) is 0 Å². The summed E-state index contributed by atoms with van der Waals surface area (Å²) < 4.78 is 0. The monoisotopic (exact) mass is 223 g/mol. The van der Waals surface area contributed by atoms with Crippen LogP contribution >= 0.6 is 0 Å². The summed E-state index contributed by atoms with van der Waals surface area (Å²) in [7, 11) is 0. The molecule has 0 saturated heterocycles. The number of nitrogens with two attached hydrogens (primary N) is 1. The van der Waals surface area contributed by atoms with E-state index in [4.69, 9.17) is 5.73 Å². The van der Waals surface area contributed by atoms with Crippen molar-refractivity contribution in [3.63, 3.8) is 0 Å². The second-order valence-corrected chi connectivity index (χ2v) is 5.79. The fourth-order valence-electron chi connectivity index (χ4n) is 1.73. The summed E-state index contributed by atoms with van der Waals surface area (Å²) in [4.78, 5) is 0. The van der Waals surface area contributed by atoms with E-state index >= 15 is 0 Å². The normalized spacial score (nSPS) is 14.1. The summed E-state index contributed by atoms with van der Waals surface area (Å²) in [5.41, 5.74) is 8.64. The van der Waals surface area contributed by atoms with Gasteiger partial charge in [0.25, 0.3) is 0 Å². The fraction of sp³-hybridized carbons (Fsp3) is 0.769. The molecule has 0 fully saturated rings. The largest absolute Gasteiger partial charge is 0.382 e. The highest BCUT2D eigenvalue weighted by atomic mass is 15.2. The van der Waals surface area contributed by atoms with Crippen LogP contribution in [0.4, 0.5) is 5.82 Å². The molecule has 0 radical (unpaired) electrons. The van der Waals surface area contributed by atoms with E-state index in [1.54, 1.807) is 0 Å². The molecule has 1 aromatic rings. The molecule has 3 N–H and O–H groups in total. The van der Waals surface area contributed by atoms with Crippen molar-refractivity contribution in [2.45, 2.75) is 53.9 Å². The molecule has 1 rings (SSSR count). The van der Waals surface area contributed by atoms with Gasteiger partial charge in [0.15, 0.2) is 0 Å². The molecule has 0 aliphatic carbocycles. The maximum Gasteiger partial charge on any atom is 0.148 e. The molecule has 0 amide bonds. The second-order valence-electron chi connectivity index (χ2n) is 5.79. The standard InChI is InChI=1S/C13H25N3/c1-6-7-10-11(15-16-12(10)14)8-9(2)13(3,4)5/h9H,6-8H2,1-5H3,(H3,14,15,16). The average Bonchev–Trinajstić information content (AvgIpc) is 2.49. The van der Waals surface area contributed by atoms with Crippen molar-refractivity contribution < 1.29 is 0 Å². The second kappa shape index (κ2) is 4.89. The first kappa shape index (κ1) is 13.1. The Hall–Kier alpha value is -0.990. The Morgan fingerprint density at radius 3 is 2.50 bits per heavy atom. The molecular weight excluding hydrogens is 198 g/mol. The van der Waals surface area contributed by atoms with Crippen molar-refractivity contribution in [2.75, 3.05) is 5.73 Å².